The van der Waals surface area contributed by atoms with Gasteiger partial charge in [-0.15, -0.1) is 0 Å². The predicted octanol–water partition coefficient (Wildman–Crippen LogP) is 3.29. The summed E-state index contributed by atoms with van der Waals surface area (Å²) >= 11 is 0. The van der Waals surface area contributed by atoms with Crippen molar-refractivity contribution >= 4 is 27.7 Å². The molecule has 2 fully saturated rings. The van der Waals surface area contributed by atoms with Gasteiger partial charge in [0, 0.05) is 68.6 Å². The lowest BCUT2D eigenvalue weighted by Gasteiger charge is -2.40. The molecule has 1 atom stereocenters. The molecule has 39 heavy (non-hydrogen) atoms. The quantitative estimate of drug-likeness (QED) is 0.422. The second-order valence-corrected chi connectivity index (χ2v) is 10.6. The summed E-state index contributed by atoms with van der Waals surface area (Å²) < 4.78 is 12.7. The number of nitrogens with zero attached hydrogens (tertiary/aromatic N) is 5. The molecule has 10 nitrogen and oxygen atoms in total. The Balaban J connectivity index is 1.27. The first kappa shape index (κ1) is 25.5. The van der Waals surface area contributed by atoms with Crippen LogP contribution in [0.4, 0.5) is 0 Å². The molecule has 3 aromatic heterocycles. The van der Waals surface area contributed by atoms with Crippen LogP contribution in [0.3, 0.4) is 0 Å². The minimum atomic E-state index is -0.161. The number of carbonyl (C=O) groups is 1. The van der Waals surface area contributed by atoms with E-state index in [0.717, 1.165) is 53.5 Å². The molecule has 5 heterocycles. The highest BCUT2D eigenvalue weighted by Crippen LogP contribution is 2.30. The Labute approximate surface area is 226 Å². The predicted molar refractivity (Wildman–Crippen MR) is 148 cm³/mol. The van der Waals surface area contributed by atoms with Gasteiger partial charge in [0.2, 0.25) is 5.88 Å². The first-order chi connectivity index (χ1) is 18.9. The lowest BCUT2D eigenvalue weighted by Crippen LogP contribution is -2.53. The fraction of sp³-hybridized carbons (Fsp3) is 0.448. The Kier molecular flexibility index (Phi) is 6.82. The van der Waals surface area contributed by atoms with Gasteiger partial charge in [-0.25, -0.2) is 4.98 Å². The zero-order chi connectivity index (χ0) is 27.1. The number of pyridine rings is 2. The van der Waals surface area contributed by atoms with Gasteiger partial charge in [-0.2, -0.15) is 5.10 Å². The third-order valence-electron chi connectivity index (χ3n) is 8.12. The number of aromatic nitrogens is 4. The molecule has 0 radical (unpaired) electrons. The smallest absolute Gasteiger partial charge is 0.259 e. The molecular weight excluding hydrogens is 496 g/mol. The maximum Gasteiger partial charge on any atom is 0.259 e. The maximum atomic E-state index is 13.8. The molecule has 10 heteroatoms. The number of hydrogen-bond donors (Lipinski definition) is 1. The number of amides is 1. The standard InChI is InChI=1S/C29H34N6O4/c1-18-12-25-23(27-24(28(36)32-25)15-31-35(27)21-6-10-39-11-7-21)13-22(18)29(37)34-9-8-33(19(2)16-34)17-20-4-5-26(38-3)30-14-20/h4-5,12-15,19,21H,6-11,16-17H2,1-3H3,(H,32,36)/t19-/m0/s1. The third-order valence-corrected chi connectivity index (χ3v) is 8.12. The lowest BCUT2D eigenvalue weighted by atomic mass is 10.0. The average molecular weight is 531 g/mol. The first-order valence-electron chi connectivity index (χ1n) is 13.6. The Morgan fingerprint density at radius 3 is 2.69 bits per heavy atom. The monoisotopic (exact) mass is 530 g/mol. The second kappa shape index (κ2) is 10.4. The summed E-state index contributed by atoms with van der Waals surface area (Å²) in [4.78, 5) is 38.4. The van der Waals surface area contributed by atoms with Crippen molar-refractivity contribution in [1.82, 2.24) is 29.5 Å². The summed E-state index contributed by atoms with van der Waals surface area (Å²) in [5.74, 6) is 0.619. The Bertz CT molecular complexity index is 1570. The molecule has 0 bridgehead atoms. The van der Waals surface area contributed by atoms with Crippen molar-refractivity contribution in [3.8, 4) is 5.88 Å². The highest BCUT2D eigenvalue weighted by molar-refractivity contribution is 6.07. The fourth-order valence-electron chi connectivity index (χ4n) is 5.88. The summed E-state index contributed by atoms with van der Waals surface area (Å²) in [5.41, 5.74) is 3.98. The van der Waals surface area contributed by atoms with E-state index in [1.54, 1.807) is 13.3 Å². The van der Waals surface area contributed by atoms with E-state index in [-0.39, 0.29) is 23.6 Å². The van der Waals surface area contributed by atoms with Gasteiger partial charge in [0.1, 0.15) is 0 Å². The van der Waals surface area contributed by atoms with Crippen LogP contribution >= 0.6 is 0 Å². The van der Waals surface area contributed by atoms with Crippen LogP contribution in [0.2, 0.25) is 0 Å². The average Bonchev–Trinajstić information content (AvgIpc) is 3.41. The molecule has 2 saturated heterocycles. The number of nitrogens with one attached hydrogen (secondary N) is 1. The fourth-order valence-corrected chi connectivity index (χ4v) is 5.88. The van der Waals surface area contributed by atoms with E-state index < -0.39 is 0 Å². The molecule has 1 aromatic carbocycles. The third kappa shape index (κ3) is 4.79. The van der Waals surface area contributed by atoms with Gasteiger partial charge in [-0.3, -0.25) is 19.2 Å². The largest absolute Gasteiger partial charge is 0.481 e. The number of hydrogen-bond acceptors (Lipinski definition) is 7. The number of methoxy groups -OCH3 is 1. The molecule has 2 aliphatic heterocycles. The van der Waals surface area contributed by atoms with Gasteiger partial charge >= 0.3 is 0 Å². The highest BCUT2D eigenvalue weighted by Gasteiger charge is 2.29. The first-order valence-corrected chi connectivity index (χ1v) is 13.6. The summed E-state index contributed by atoms with van der Waals surface area (Å²) in [6, 6.07) is 8.13. The van der Waals surface area contributed by atoms with E-state index in [9.17, 15) is 9.59 Å². The molecule has 0 saturated carbocycles. The molecule has 1 N–H and O–H groups in total. The highest BCUT2D eigenvalue weighted by atomic mass is 16.5. The van der Waals surface area contributed by atoms with Crippen LogP contribution in [-0.2, 0) is 11.3 Å². The lowest BCUT2D eigenvalue weighted by molar-refractivity contribution is 0.0494. The van der Waals surface area contributed by atoms with E-state index >= 15 is 0 Å². The number of aromatic amines is 1. The SMILES string of the molecule is COc1ccc(CN2CCN(C(=O)c3cc4c(cc3C)[nH]c(=O)c3cnn(C5CCOCC5)c34)C[C@@H]2C)cn1. The van der Waals surface area contributed by atoms with Crippen LogP contribution in [0, 0.1) is 6.92 Å². The van der Waals surface area contributed by atoms with Crippen molar-refractivity contribution in [1.29, 1.82) is 0 Å². The molecule has 6 rings (SSSR count). The van der Waals surface area contributed by atoms with Crippen molar-refractivity contribution in [2.24, 2.45) is 0 Å². The number of H-pyrrole nitrogens is 1. The molecule has 0 spiro atoms. The minimum absolute atomic E-state index is 0.0171. The van der Waals surface area contributed by atoms with Crippen molar-refractivity contribution < 1.29 is 14.3 Å². The molecule has 0 aliphatic carbocycles. The van der Waals surface area contributed by atoms with E-state index in [4.69, 9.17) is 9.47 Å². The number of ether oxygens (including phenoxy) is 2. The van der Waals surface area contributed by atoms with Gasteiger partial charge < -0.3 is 19.4 Å². The van der Waals surface area contributed by atoms with Crippen LogP contribution < -0.4 is 10.3 Å². The molecule has 2 aliphatic rings. The van der Waals surface area contributed by atoms with Gasteiger partial charge in [-0.1, -0.05) is 6.07 Å². The van der Waals surface area contributed by atoms with Crippen molar-refractivity contribution in [2.75, 3.05) is 40.0 Å². The van der Waals surface area contributed by atoms with Crippen molar-refractivity contribution in [3.05, 3.63) is 63.7 Å². The summed E-state index contributed by atoms with van der Waals surface area (Å²) in [6.07, 6.45) is 5.18. The van der Waals surface area contributed by atoms with E-state index in [0.29, 0.717) is 43.1 Å². The van der Waals surface area contributed by atoms with Gasteiger partial charge in [0.25, 0.3) is 11.5 Å². The zero-order valence-electron chi connectivity index (χ0n) is 22.6. The van der Waals surface area contributed by atoms with Crippen LogP contribution in [0.15, 0.2) is 41.5 Å². The maximum absolute atomic E-state index is 13.8. The van der Waals surface area contributed by atoms with Gasteiger partial charge in [0.15, 0.2) is 0 Å². The van der Waals surface area contributed by atoms with Crippen LogP contribution in [0.25, 0.3) is 21.8 Å². The number of fused-ring (bicyclic) bond motifs is 3. The Morgan fingerprint density at radius 2 is 1.97 bits per heavy atom. The Morgan fingerprint density at radius 1 is 1.15 bits per heavy atom. The molecule has 4 aromatic rings. The molecule has 1 amide bonds. The number of carbonyl (C=O) groups excluding carboxylic acids is 1. The molecule has 0 unspecified atom stereocenters. The number of benzene rings is 1. The molecule has 204 valence electrons. The van der Waals surface area contributed by atoms with E-state index in [1.165, 1.54) is 0 Å². The van der Waals surface area contributed by atoms with Gasteiger partial charge in [0.05, 0.1) is 35.8 Å². The van der Waals surface area contributed by atoms with Crippen LogP contribution in [0.1, 0.15) is 47.3 Å². The number of rotatable bonds is 5. The number of aryl methyl sites for hydroxylation is 1. The van der Waals surface area contributed by atoms with Crippen molar-refractivity contribution in [3.63, 3.8) is 0 Å². The van der Waals surface area contributed by atoms with Gasteiger partial charge in [-0.05, 0) is 49.9 Å². The van der Waals surface area contributed by atoms with E-state index in [2.05, 4.69) is 26.9 Å². The van der Waals surface area contributed by atoms with E-state index in [1.807, 2.05) is 47.0 Å². The van der Waals surface area contributed by atoms with Crippen LogP contribution in [0.5, 0.6) is 5.88 Å². The molecular formula is C29H34N6O4. The summed E-state index contributed by atoms with van der Waals surface area (Å²) in [5, 5.41) is 6.00. The summed E-state index contributed by atoms with van der Waals surface area (Å²) in [6.45, 7) is 8.28. The zero-order valence-corrected chi connectivity index (χ0v) is 22.6. The number of piperazine rings is 1. The minimum Gasteiger partial charge on any atom is -0.481 e. The van der Waals surface area contributed by atoms with Crippen molar-refractivity contribution in [2.45, 2.75) is 45.3 Å². The summed E-state index contributed by atoms with van der Waals surface area (Å²) in [7, 11) is 1.61. The topological polar surface area (TPSA) is 106 Å². The second-order valence-electron chi connectivity index (χ2n) is 10.6. The Hall–Kier alpha value is -3.76. The normalized spacial score (nSPS) is 19.2. The van der Waals surface area contributed by atoms with Crippen LogP contribution in [-0.4, -0.2) is 81.5 Å².